The van der Waals surface area contributed by atoms with Gasteiger partial charge < -0.3 is 24.7 Å². The van der Waals surface area contributed by atoms with Crippen LogP contribution in [0.2, 0.25) is 0 Å². The lowest BCUT2D eigenvalue weighted by Gasteiger charge is -2.23. The molecule has 1 aliphatic heterocycles. The van der Waals surface area contributed by atoms with Gasteiger partial charge in [-0.15, -0.1) is 24.0 Å². The Bertz CT molecular complexity index is 905. The van der Waals surface area contributed by atoms with Crippen molar-refractivity contribution in [3.05, 3.63) is 41.8 Å². The Hall–Kier alpha value is -2.30. The van der Waals surface area contributed by atoms with Gasteiger partial charge in [0.15, 0.2) is 5.96 Å². The van der Waals surface area contributed by atoms with Crippen LogP contribution in [0.3, 0.4) is 0 Å². The highest BCUT2D eigenvalue weighted by atomic mass is 127. The molecule has 1 fully saturated rings. The molecule has 0 radical (unpaired) electrons. The van der Waals surface area contributed by atoms with E-state index in [4.69, 9.17) is 14.1 Å². The maximum atomic E-state index is 12.0. The number of amides is 1. The second-order valence-electron chi connectivity index (χ2n) is 8.76. The number of benzene rings is 1. The standard InChI is InChI=1S/C23H33N5O3.HI/c1-6-24-21(28-12-11-18(14-28)27-22(29)31-23(3,4)5)25-13-19-15-30-20(26-19)17-9-7-16(2)8-10-17;/h7-10,15,18H,6,11-14H2,1-5H3,(H,24,25)(H,27,29);1H. The van der Waals surface area contributed by atoms with E-state index >= 15 is 0 Å². The summed E-state index contributed by atoms with van der Waals surface area (Å²) in [6.45, 7) is 12.3. The van der Waals surface area contributed by atoms with Crippen molar-refractivity contribution in [1.29, 1.82) is 0 Å². The quantitative estimate of drug-likeness (QED) is 0.324. The van der Waals surface area contributed by atoms with Gasteiger partial charge in [0.1, 0.15) is 17.6 Å². The Labute approximate surface area is 207 Å². The molecule has 1 aromatic heterocycles. The zero-order valence-electron chi connectivity index (χ0n) is 19.5. The fourth-order valence-corrected chi connectivity index (χ4v) is 3.33. The largest absolute Gasteiger partial charge is 0.444 e. The van der Waals surface area contributed by atoms with E-state index in [1.54, 1.807) is 6.26 Å². The molecule has 32 heavy (non-hydrogen) atoms. The summed E-state index contributed by atoms with van der Waals surface area (Å²) in [5.41, 5.74) is 2.41. The van der Waals surface area contributed by atoms with Crippen LogP contribution in [0.4, 0.5) is 4.79 Å². The number of rotatable bonds is 5. The number of halogens is 1. The van der Waals surface area contributed by atoms with E-state index in [9.17, 15) is 4.79 Å². The number of ether oxygens (including phenoxy) is 1. The van der Waals surface area contributed by atoms with E-state index in [1.807, 2.05) is 58.9 Å². The summed E-state index contributed by atoms with van der Waals surface area (Å²) < 4.78 is 11.0. The summed E-state index contributed by atoms with van der Waals surface area (Å²) in [6.07, 6.45) is 2.11. The highest BCUT2D eigenvalue weighted by molar-refractivity contribution is 14.0. The van der Waals surface area contributed by atoms with E-state index in [0.717, 1.165) is 36.7 Å². The number of likely N-dealkylation sites (tertiary alicyclic amines) is 1. The number of nitrogens with zero attached hydrogens (tertiary/aromatic N) is 3. The van der Waals surface area contributed by atoms with Crippen molar-refractivity contribution in [2.45, 2.75) is 59.2 Å². The first-order chi connectivity index (χ1) is 14.7. The Kier molecular flexibility index (Phi) is 9.35. The Morgan fingerprint density at radius 1 is 1.31 bits per heavy atom. The molecule has 1 unspecified atom stereocenters. The highest BCUT2D eigenvalue weighted by Crippen LogP contribution is 2.19. The SMILES string of the molecule is CCNC(=NCc1coc(-c2ccc(C)cc2)n1)N1CCC(NC(=O)OC(C)(C)C)C1.I. The summed E-state index contributed by atoms with van der Waals surface area (Å²) >= 11 is 0. The molecule has 1 amide bonds. The summed E-state index contributed by atoms with van der Waals surface area (Å²) in [5, 5.41) is 6.27. The number of carbonyl (C=O) groups excluding carboxylic acids is 1. The van der Waals surface area contributed by atoms with E-state index < -0.39 is 5.60 Å². The maximum Gasteiger partial charge on any atom is 0.407 e. The molecule has 3 rings (SSSR count). The van der Waals surface area contributed by atoms with Crippen LogP contribution in [0, 0.1) is 6.92 Å². The van der Waals surface area contributed by atoms with Crippen LogP contribution in [-0.2, 0) is 11.3 Å². The third kappa shape index (κ3) is 7.68. The normalized spacial score (nSPS) is 16.5. The van der Waals surface area contributed by atoms with Crippen LogP contribution >= 0.6 is 24.0 Å². The monoisotopic (exact) mass is 555 g/mol. The van der Waals surface area contributed by atoms with Gasteiger partial charge in [-0.25, -0.2) is 14.8 Å². The van der Waals surface area contributed by atoms with Gasteiger partial charge >= 0.3 is 6.09 Å². The van der Waals surface area contributed by atoms with Crippen molar-refractivity contribution < 1.29 is 13.9 Å². The first-order valence-corrected chi connectivity index (χ1v) is 10.8. The lowest BCUT2D eigenvalue weighted by molar-refractivity contribution is 0.0507. The molecular formula is C23H34IN5O3. The number of alkyl carbamates (subject to hydrolysis) is 1. The highest BCUT2D eigenvalue weighted by Gasteiger charge is 2.27. The number of aryl methyl sites for hydroxylation is 1. The summed E-state index contributed by atoms with van der Waals surface area (Å²) in [5.74, 6) is 1.40. The molecule has 176 valence electrons. The van der Waals surface area contributed by atoms with Crippen molar-refractivity contribution in [2.75, 3.05) is 19.6 Å². The summed E-state index contributed by atoms with van der Waals surface area (Å²) in [7, 11) is 0. The molecule has 2 heterocycles. The molecule has 0 bridgehead atoms. The summed E-state index contributed by atoms with van der Waals surface area (Å²) in [6, 6.07) is 8.10. The maximum absolute atomic E-state index is 12.0. The second kappa shape index (κ2) is 11.5. The van der Waals surface area contributed by atoms with E-state index in [2.05, 4.69) is 20.5 Å². The molecular weight excluding hydrogens is 521 g/mol. The number of hydrogen-bond donors (Lipinski definition) is 2. The third-order valence-electron chi connectivity index (χ3n) is 4.78. The van der Waals surface area contributed by atoms with Gasteiger partial charge in [0.2, 0.25) is 5.89 Å². The van der Waals surface area contributed by atoms with Crippen LogP contribution < -0.4 is 10.6 Å². The number of nitrogens with one attached hydrogen (secondary N) is 2. The van der Waals surface area contributed by atoms with E-state index in [-0.39, 0.29) is 36.1 Å². The van der Waals surface area contributed by atoms with Gasteiger partial charge in [0.05, 0.1) is 12.6 Å². The number of carbonyl (C=O) groups is 1. The Balaban J connectivity index is 0.00000363. The van der Waals surface area contributed by atoms with E-state index in [0.29, 0.717) is 19.0 Å². The molecule has 8 nitrogen and oxygen atoms in total. The zero-order valence-corrected chi connectivity index (χ0v) is 21.8. The number of hydrogen-bond acceptors (Lipinski definition) is 5. The Morgan fingerprint density at radius 3 is 2.69 bits per heavy atom. The fraction of sp³-hybridized carbons (Fsp3) is 0.522. The second-order valence-corrected chi connectivity index (χ2v) is 8.76. The predicted octanol–water partition coefficient (Wildman–Crippen LogP) is 4.33. The zero-order chi connectivity index (χ0) is 22.4. The van der Waals surface area contributed by atoms with Gasteiger partial charge in [-0.05, 0) is 53.2 Å². The van der Waals surface area contributed by atoms with Crippen LogP contribution in [-0.4, -0.2) is 53.2 Å². The number of aromatic nitrogens is 1. The molecule has 0 spiro atoms. The molecule has 1 atom stereocenters. The summed E-state index contributed by atoms with van der Waals surface area (Å²) in [4.78, 5) is 23.5. The van der Waals surface area contributed by atoms with Crippen LogP contribution in [0.25, 0.3) is 11.5 Å². The average Bonchev–Trinajstić information content (AvgIpc) is 3.34. The molecule has 0 saturated carbocycles. The van der Waals surface area contributed by atoms with Crippen LogP contribution in [0.15, 0.2) is 39.9 Å². The van der Waals surface area contributed by atoms with Crippen LogP contribution in [0.1, 0.15) is 45.4 Å². The van der Waals surface area contributed by atoms with Gasteiger partial charge in [-0.3, -0.25) is 0 Å². The third-order valence-corrected chi connectivity index (χ3v) is 4.78. The van der Waals surface area contributed by atoms with Crippen molar-refractivity contribution >= 4 is 36.0 Å². The molecule has 0 aliphatic carbocycles. The van der Waals surface area contributed by atoms with Gasteiger partial charge in [0, 0.05) is 25.2 Å². The first kappa shape index (κ1) is 26.0. The fourth-order valence-electron chi connectivity index (χ4n) is 3.33. The van der Waals surface area contributed by atoms with Crippen molar-refractivity contribution in [3.63, 3.8) is 0 Å². The molecule has 2 aromatic rings. The topological polar surface area (TPSA) is 92.0 Å². The molecule has 9 heteroatoms. The van der Waals surface area contributed by atoms with Gasteiger partial charge in [0.25, 0.3) is 0 Å². The minimum atomic E-state index is -0.506. The number of aliphatic imine (C=N–C) groups is 1. The predicted molar refractivity (Wildman–Crippen MR) is 136 cm³/mol. The minimum Gasteiger partial charge on any atom is -0.444 e. The minimum absolute atomic E-state index is 0. The average molecular weight is 555 g/mol. The smallest absolute Gasteiger partial charge is 0.407 e. The lowest BCUT2D eigenvalue weighted by Crippen LogP contribution is -2.44. The molecule has 1 saturated heterocycles. The molecule has 1 aromatic carbocycles. The number of oxazole rings is 1. The molecule has 2 N–H and O–H groups in total. The first-order valence-electron chi connectivity index (χ1n) is 10.8. The Morgan fingerprint density at radius 2 is 2.03 bits per heavy atom. The van der Waals surface area contributed by atoms with Crippen molar-refractivity contribution in [3.8, 4) is 11.5 Å². The molecule has 1 aliphatic rings. The van der Waals surface area contributed by atoms with Gasteiger partial charge in [-0.1, -0.05) is 17.7 Å². The van der Waals surface area contributed by atoms with Crippen molar-refractivity contribution in [1.82, 2.24) is 20.5 Å². The van der Waals surface area contributed by atoms with Gasteiger partial charge in [-0.2, -0.15) is 0 Å². The number of guanidine groups is 1. The lowest BCUT2D eigenvalue weighted by atomic mass is 10.1. The van der Waals surface area contributed by atoms with E-state index in [1.165, 1.54) is 5.56 Å². The van der Waals surface area contributed by atoms with Crippen LogP contribution in [0.5, 0.6) is 0 Å². The van der Waals surface area contributed by atoms with Crippen molar-refractivity contribution in [2.24, 2.45) is 4.99 Å².